The summed E-state index contributed by atoms with van der Waals surface area (Å²) in [5.74, 6) is 0.177. The van der Waals surface area contributed by atoms with Crippen LogP contribution < -0.4 is 10.6 Å². The molecular weight excluding hydrogens is 392 g/mol. The van der Waals surface area contributed by atoms with Crippen molar-refractivity contribution >= 4 is 34.9 Å². The van der Waals surface area contributed by atoms with E-state index in [1.807, 2.05) is 54.3 Å². The largest absolute Gasteiger partial charge is 0.353 e. The van der Waals surface area contributed by atoms with E-state index < -0.39 is 0 Å². The van der Waals surface area contributed by atoms with Gasteiger partial charge in [-0.25, -0.2) is 4.98 Å². The summed E-state index contributed by atoms with van der Waals surface area (Å²) >= 11 is 2.99. The first-order valence-electron chi connectivity index (χ1n) is 8.89. The standard InChI is InChI=1S/C20H22N4O2S2/c1-14(2)23-18(25)13-28-20-21-9-10-24(20)16-7-5-15(6-8-16)19(26)22-12-17-4-3-11-27-17/h3-11,14H,12-13H2,1-2H3,(H,22,26)(H,23,25). The second kappa shape index (κ2) is 9.57. The maximum absolute atomic E-state index is 12.3. The van der Waals surface area contributed by atoms with Crippen LogP contribution in [0.15, 0.2) is 59.3 Å². The average Bonchev–Trinajstić information content (AvgIpc) is 3.36. The number of thiophene rings is 1. The second-order valence-electron chi connectivity index (χ2n) is 6.40. The SMILES string of the molecule is CC(C)NC(=O)CSc1nccn1-c1ccc(C(=O)NCc2cccs2)cc1. The number of nitrogens with one attached hydrogen (secondary N) is 2. The van der Waals surface area contributed by atoms with E-state index in [2.05, 4.69) is 15.6 Å². The van der Waals surface area contributed by atoms with Crippen molar-refractivity contribution in [3.8, 4) is 5.69 Å². The van der Waals surface area contributed by atoms with Crippen LogP contribution in [0.5, 0.6) is 0 Å². The van der Waals surface area contributed by atoms with Crippen molar-refractivity contribution in [3.05, 3.63) is 64.6 Å². The molecule has 1 aromatic carbocycles. The fraction of sp³-hybridized carbons (Fsp3) is 0.250. The molecule has 0 saturated heterocycles. The van der Waals surface area contributed by atoms with E-state index in [1.165, 1.54) is 11.8 Å². The molecule has 0 aliphatic heterocycles. The Labute approximate surface area is 172 Å². The summed E-state index contributed by atoms with van der Waals surface area (Å²) in [6, 6.07) is 11.4. The number of aromatic nitrogens is 2. The zero-order valence-electron chi connectivity index (χ0n) is 15.7. The molecule has 2 heterocycles. The molecule has 0 aliphatic rings. The van der Waals surface area contributed by atoms with E-state index in [4.69, 9.17) is 0 Å². The van der Waals surface area contributed by atoms with Gasteiger partial charge in [-0.15, -0.1) is 11.3 Å². The highest BCUT2D eigenvalue weighted by Gasteiger charge is 2.11. The molecule has 0 saturated carbocycles. The van der Waals surface area contributed by atoms with Gasteiger partial charge < -0.3 is 10.6 Å². The smallest absolute Gasteiger partial charge is 0.251 e. The topological polar surface area (TPSA) is 76.0 Å². The van der Waals surface area contributed by atoms with E-state index in [0.29, 0.717) is 17.9 Å². The fourth-order valence-electron chi connectivity index (χ4n) is 2.54. The van der Waals surface area contributed by atoms with Gasteiger partial charge in [0.15, 0.2) is 5.16 Å². The maximum atomic E-state index is 12.3. The lowest BCUT2D eigenvalue weighted by Crippen LogP contribution is -2.31. The van der Waals surface area contributed by atoms with Gasteiger partial charge in [0, 0.05) is 34.6 Å². The third-order valence-corrected chi connectivity index (χ3v) is 5.64. The minimum Gasteiger partial charge on any atom is -0.353 e. The summed E-state index contributed by atoms with van der Waals surface area (Å²) in [5.41, 5.74) is 1.49. The molecule has 8 heteroatoms. The van der Waals surface area contributed by atoms with Crippen LogP contribution in [0.4, 0.5) is 0 Å². The highest BCUT2D eigenvalue weighted by molar-refractivity contribution is 7.99. The van der Waals surface area contributed by atoms with Gasteiger partial charge in [0.1, 0.15) is 0 Å². The van der Waals surface area contributed by atoms with Crippen LogP contribution in [0.1, 0.15) is 29.1 Å². The van der Waals surface area contributed by atoms with Crippen LogP contribution in [0.3, 0.4) is 0 Å². The third kappa shape index (κ3) is 5.46. The number of nitrogens with zero attached hydrogens (tertiary/aromatic N) is 2. The van der Waals surface area contributed by atoms with Crippen molar-refractivity contribution in [1.29, 1.82) is 0 Å². The molecule has 6 nitrogen and oxygen atoms in total. The van der Waals surface area contributed by atoms with Crippen LogP contribution in [-0.2, 0) is 11.3 Å². The lowest BCUT2D eigenvalue weighted by Gasteiger charge is -2.10. The zero-order valence-corrected chi connectivity index (χ0v) is 17.3. The van der Waals surface area contributed by atoms with Crippen molar-refractivity contribution in [2.45, 2.75) is 31.6 Å². The minimum absolute atomic E-state index is 0.0210. The molecule has 2 amide bonds. The molecule has 0 fully saturated rings. The van der Waals surface area contributed by atoms with E-state index in [0.717, 1.165) is 15.7 Å². The summed E-state index contributed by atoms with van der Waals surface area (Å²) in [6.07, 6.45) is 3.54. The highest BCUT2D eigenvalue weighted by Crippen LogP contribution is 2.20. The summed E-state index contributed by atoms with van der Waals surface area (Å²) in [4.78, 5) is 29.6. The Balaban J connectivity index is 1.61. The Kier molecular flexibility index (Phi) is 6.89. The van der Waals surface area contributed by atoms with Crippen molar-refractivity contribution in [3.63, 3.8) is 0 Å². The maximum Gasteiger partial charge on any atom is 0.251 e. The van der Waals surface area contributed by atoms with Gasteiger partial charge in [-0.3, -0.25) is 14.2 Å². The van der Waals surface area contributed by atoms with Gasteiger partial charge in [-0.2, -0.15) is 0 Å². The Hall–Kier alpha value is -2.58. The highest BCUT2D eigenvalue weighted by atomic mass is 32.2. The number of carbonyl (C=O) groups excluding carboxylic acids is 2. The Morgan fingerprint density at radius 3 is 2.68 bits per heavy atom. The molecule has 0 aliphatic carbocycles. The van der Waals surface area contributed by atoms with E-state index >= 15 is 0 Å². The lowest BCUT2D eigenvalue weighted by atomic mass is 10.2. The first-order chi connectivity index (χ1) is 13.5. The molecule has 0 atom stereocenters. The van der Waals surface area contributed by atoms with Crippen molar-refractivity contribution < 1.29 is 9.59 Å². The van der Waals surface area contributed by atoms with Crippen molar-refractivity contribution in [1.82, 2.24) is 20.2 Å². The van der Waals surface area contributed by atoms with Crippen LogP contribution >= 0.6 is 23.1 Å². The van der Waals surface area contributed by atoms with Gasteiger partial charge in [0.25, 0.3) is 5.91 Å². The Morgan fingerprint density at radius 1 is 1.21 bits per heavy atom. The lowest BCUT2D eigenvalue weighted by molar-refractivity contribution is -0.119. The summed E-state index contributed by atoms with van der Waals surface area (Å²) in [5, 5.41) is 8.50. The molecule has 3 rings (SSSR count). The van der Waals surface area contributed by atoms with E-state index in [1.54, 1.807) is 29.7 Å². The van der Waals surface area contributed by atoms with Gasteiger partial charge in [-0.05, 0) is 49.6 Å². The normalized spacial score (nSPS) is 10.8. The van der Waals surface area contributed by atoms with Gasteiger partial charge in [0.05, 0.1) is 12.3 Å². The van der Waals surface area contributed by atoms with Crippen LogP contribution in [0.2, 0.25) is 0 Å². The Bertz CT molecular complexity index is 918. The monoisotopic (exact) mass is 414 g/mol. The van der Waals surface area contributed by atoms with Gasteiger partial charge in [0.2, 0.25) is 5.91 Å². The number of benzene rings is 1. The number of rotatable bonds is 8. The summed E-state index contributed by atoms with van der Waals surface area (Å²) in [7, 11) is 0. The molecule has 0 spiro atoms. The number of hydrogen-bond acceptors (Lipinski definition) is 5. The number of carbonyl (C=O) groups is 2. The molecule has 146 valence electrons. The average molecular weight is 415 g/mol. The molecule has 28 heavy (non-hydrogen) atoms. The predicted octanol–water partition coefficient (Wildman–Crippen LogP) is 3.48. The molecule has 2 N–H and O–H groups in total. The number of thioether (sulfide) groups is 1. The fourth-order valence-corrected chi connectivity index (χ4v) is 3.97. The van der Waals surface area contributed by atoms with Crippen molar-refractivity contribution in [2.75, 3.05) is 5.75 Å². The molecule has 2 aromatic heterocycles. The van der Waals surface area contributed by atoms with Crippen LogP contribution in [0.25, 0.3) is 5.69 Å². The zero-order chi connectivity index (χ0) is 19.9. The predicted molar refractivity (Wildman–Crippen MR) is 113 cm³/mol. The van der Waals surface area contributed by atoms with Gasteiger partial charge >= 0.3 is 0 Å². The number of hydrogen-bond donors (Lipinski definition) is 2. The van der Waals surface area contributed by atoms with Crippen molar-refractivity contribution in [2.24, 2.45) is 0 Å². The van der Waals surface area contributed by atoms with Gasteiger partial charge in [-0.1, -0.05) is 17.8 Å². The summed E-state index contributed by atoms with van der Waals surface area (Å²) in [6.45, 7) is 4.39. The van der Waals surface area contributed by atoms with E-state index in [9.17, 15) is 9.59 Å². The Morgan fingerprint density at radius 2 is 2.00 bits per heavy atom. The molecular formula is C20H22N4O2S2. The quantitative estimate of drug-likeness (QED) is 0.554. The molecule has 0 bridgehead atoms. The van der Waals surface area contributed by atoms with Crippen LogP contribution in [-0.4, -0.2) is 33.2 Å². The summed E-state index contributed by atoms with van der Waals surface area (Å²) < 4.78 is 1.90. The first-order valence-corrected chi connectivity index (χ1v) is 10.8. The first kappa shape index (κ1) is 20.2. The second-order valence-corrected chi connectivity index (χ2v) is 8.37. The molecule has 3 aromatic rings. The third-order valence-electron chi connectivity index (χ3n) is 3.80. The number of amides is 2. The minimum atomic E-state index is -0.106. The molecule has 0 radical (unpaired) electrons. The number of imidazole rings is 1. The van der Waals surface area contributed by atoms with Crippen LogP contribution in [0, 0.1) is 0 Å². The van der Waals surface area contributed by atoms with E-state index in [-0.39, 0.29) is 17.9 Å². The molecule has 0 unspecified atom stereocenters.